The molecule has 0 unspecified atom stereocenters. The van der Waals surface area contributed by atoms with Gasteiger partial charge in [0.05, 0.1) is 17.8 Å². The molecule has 2 N–H and O–H groups in total. The lowest BCUT2D eigenvalue weighted by atomic mass is 10.0. The summed E-state index contributed by atoms with van der Waals surface area (Å²) in [4.78, 5) is 25.3. The molecule has 1 aromatic carbocycles. The number of rotatable bonds is 6. The summed E-state index contributed by atoms with van der Waals surface area (Å²) in [6, 6.07) is 9.16. The Morgan fingerprint density at radius 3 is 2.76 bits per heavy atom. The second kappa shape index (κ2) is 8.02. The Bertz CT molecular complexity index is 1360. The van der Waals surface area contributed by atoms with Crippen molar-refractivity contribution in [1.29, 1.82) is 0 Å². The quantitative estimate of drug-likeness (QED) is 0.430. The van der Waals surface area contributed by atoms with Gasteiger partial charge in [-0.2, -0.15) is 17.9 Å². The smallest absolute Gasteiger partial charge is 0.437 e. The van der Waals surface area contributed by atoms with Crippen molar-refractivity contribution in [2.24, 2.45) is 0 Å². The standard InChI is InChI=1S/C21H16F3N5O5/c22-21(23,24)20(4-5-20)16-9-17(28-33-16)27-19(31)34-29-6-3-12-7-14(1-2-15(12)29)32-18-8-13(10-30)25-11-26-18/h1-3,6-9,11,30H,4-5,10H2,(H,27,28,31). The Morgan fingerprint density at radius 2 is 2.03 bits per heavy atom. The fourth-order valence-electron chi connectivity index (χ4n) is 3.45. The van der Waals surface area contributed by atoms with Crippen LogP contribution in [0.25, 0.3) is 10.9 Å². The van der Waals surface area contributed by atoms with Crippen molar-refractivity contribution in [2.75, 3.05) is 5.32 Å². The number of benzene rings is 1. The number of aliphatic hydroxyl groups is 1. The van der Waals surface area contributed by atoms with Crippen molar-refractivity contribution in [3.63, 3.8) is 0 Å². The van der Waals surface area contributed by atoms with E-state index in [0.717, 1.165) is 6.07 Å². The Labute approximate surface area is 188 Å². The van der Waals surface area contributed by atoms with Crippen molar-refractivity contribution in [3.05, 3.63) is 60.4 Å². The van der Waals surface area contributed by atoms with E-state index in [-0.39, 0.29) is 36.9 Å². The first-order valence-electron chi connectivity index (χ1n) is 10.0. The number of nitrogens with zero attached hydrogens (tertiary/aromatic N) is 4. The van der Waals surface area contributed by atoms with Gasteiger partial charge in [0, 0.05) is 23.7 Å². The number of aromatic nitrogens is 4. The highest BCUT2D eigenvalue weighted by Crippen LogP contribution is 2.59. The third-order valence-corrected chi connectivity index (χ3v) is 5.39. The van der Waals surface area contributed by atoms with Gasteiger partial charge in [0.1, 0.15) is 17.5 Å². The summed E-state index contributed by atoms with van der Waals surface area (Å²) in [6.07, 6.45) is -2.83. The van der Waals surface area contributed by atoms with Gasteiger partial charge in [0.2, 0.25) is 5.88 Å². The number of aliphatic hydroxyl groups excluding tert-OH is 1. The first-order valence-corrected chi connectivity index (χ1v) is 10.0. The molecule has 3 aromatic heterocycles. The molecule has 1 amide bonds. The molecule has 1 aliphatic carbocycles. The average Bonchev–Trinajstić information content (AvgIpc) is 3.36. The fourth-order valence-corrected chi connectivity index (χ4v) is 3.45. The highest BCUT2D eigenvalue weighted by molar-refractivity contribution is 5.86. The number of anilines is 1. The number of hydrogen-bond donors (Lipinski definition) is 2. The van der Waals surface area contributed by atoms with Crippen LogP contribution in [0.15, 0.2) is 53.4 Å². The van der Waals surface area contributed by atoms with Crippen LogP contribution in [0.5, 0.6) is 11.6 Å². The number of amides is 1. The van der Waals surface area contributed by atoms with E-state index in [0.29, 0.717) is 22.3 Å². The number of fused-ring (bicyclic) bond motifs is 1. The maximum Gasteiger partial charge on any atom is 0.437 e. The van der Waals surface area contributed by atoms with Crippen LogP contribution in [0.4, 0.5) is 23.8 Å². The second-order valence-electron chi connectivity index (χ2n) is 7.63. The molecule has 1 saturated carbocycles. The summed E-state index contributed by atoms with van der Waals surface area (Å²) in [5.41, 5.74) is -1.11. The average molecular weight is 475 g/mol. The Hall–Kier alpha value is -4.13. The largest absolute Gasteiger partial charge is 0.439 e. The molecule has 0 atom stereocenters. The van der Waals surface area contributed by atoms with Crippen LogP contribution in [0.2, 0.25) is 0 Å². The molecule has 0 bridgehead atoms. The van der Waals surface area contributed by atoms with E-state index in [4.69, 9.17) is 19.2 Å². The lowest BCUT2D eigenvalue weighted by molar-refractivity contribution is -0.165. The first-order chi connectivity index (χ1) is 16.3. The van der Waals surface area contributed by atoms with E-state index in [1.807, 2.05) is 0 Å². The summed E-state index contributed by atoms with van der Waals surface area (Å²) in [7, 11) is 0. The van der Waals surface area contributed by atoms with Crippen LogP contribution in [-0.4, -0.2) is 37.2 Å². The zero-order valence-electron chi connectivity index (χ0n) is 17.2. The van der Waals surface area contributed by atoms with Gasteiger partial charge in [-0.05, 0) is 37.1 Å². The highest BCUT2D eigenvalue weighted by atomic mass is 19.4. The van der Waals surface area contributed by atoms with E-state index in [1.54, 1.807) is 24.3 Å². The molecule has 0 saturated heterocycles. The monoisotopic (exact) mass is 475 g/mol. The molecular formula is C21H16F3N5O5. The number of nitrogens with one attached hydrogen (secondary N) is 1. The normalized spacial score (nSPS) is 14.7. The van der Waals surface area contributed by atoms with Crippen molar-refractivity contribution in [3.8, 4) is 11.6 Å². The Balaban J connectivity index is 1.26. The topological polar surface area (TPSA) is 125 Å². The summed E-state index contributed by atoms with van der Waals surface area (Å²) >= 11 is 0. The summed E-state index contributed by atoms with van der Waals surface area (Å²) in [5.74, 6) is 0.170. The molecule has 3 heterocycles. The van der Waals surface area contributed by atoms with Crippen molar-refractivity contribution in [1.82, 2.24) is 19.9 Å². The van der Waals surface area contributed by atoms with Gasteiger partial charge in [-0.25, -0.2) is 14.8 Å². The number of hydrogen-bond acceptors (Lipinski definition) is 8. The summed E-state index contributed by atoms with van der Waals surface area (Å²) in [5, 5.41) is 15.6. The van der Waals surface area contributed by atoms with E-state index in [1.165, 1.54) is 23.3 Å². The molecule has 13 heteroatoms. The molecule has 34 heavy (non-hydrogen) atoms. The summed E-state index contributed by atoms with van der Waals surface area (Å²) in [6.45, 7) is -0.251. The van der Waals surface area contributed by atoms with Gasteiger partial charge in [-0.1, -0.05) is 5.16 Å². The third kappa shape index (κ3) is 4.01. The third-order valence-electron chi connectivity index (χ3n) is 5.39. The molecule has 4 aromatic rings. The number of ether oxygens (including phenoxy) is 1. The molecule has 0 radical (unpaired) electrons. The Morgan fingerprint density at radius 1 is 1.21 bits per heavy atom. The van der Waals surface area contributed by atoms with Gasteiger partial charge in [-0.15, -0.1) is 0 Å². The molecule has 1 aliphatic rings. The van der Waals surface area contributed by atoms with Gasteiger partial charge in [0.25, 0.3) is 0 Å². The lowest BCUT2D eigenvalue weighted by Crippen LogP contribution is -2.28. The van der Waals surface area contributed by atoms with Crippen molar-refractivity contribution >= 4 is 22.8 Å². The van der Waals surface area contributed by atoms with Crippen LogP contribution in [0, 0.1) is 0 Å². The van der Waals surface area contributed by atoms with Crippen molar-refractivity contribution in [2.45, 2.75) is 31.0 Å². The zero-order valence-corrected chi connectivity index (χ0v) is 17.2. The van der Waals surface area contributed by atoms with Crippen LogP contribution >= 0.6 is 0 Å². The molecule has 176 valence electrons. The van der Waals surface area contributed by atoms with Crippen LogP contribution in [0.3, 0.4) is 0 Å². The number of halogens is 3. The van der Waals surface area contributed by atoms with E-state index >= 15 is 0 Å². The Kier molecular flexibility index (Phi) is 5.12. The number of alkyl halides is 3. The predicted molar refractivity (Wildman–Crippen MR) is 109 cm³/mol. The molecular weight excluding hydrogens is 459 g/mol. The zero-order chi connectivity index (χ0) is 23.9. The van der Waals surface area contributed by atoms with E-state index in [9.17, 15) is 18.0 Å². The van der Waals surface area contributed by atoms with Crippen molar-refractivity contribution < 1.29 is 37.2 Å². The lowest BCUT2D eigenvalue weighted by Gasteiger charge is -2.14. The maximum absolute atomic E-state index is 13.2. The minimum Gasteiger partial charge on any atom is -0.439 e. The second-order valence-corrected chi connectivity index (χ2v) is 7.63. The van der Waals surface area contributed by atoms with Crippen LogP contribution in [0.1, 0.15) is 24.3 Å². The van der Waals surface area contributed by atoms with E-state index < -0.39 is 17.7 Å². The van der Waals surface area contributed by atoms with Crippen LogP contribution < -0.4 is 14.9 Å². The van der Waals surface area contributed by atoms with Gasteiger partial charge in [0.15, 0.2) is 11.6 Å². The fraction of sp³-hybridized carbons (Fsp3) is 0.238. The van der Waals surface area contributed by atoms with Gasteiger partial charge >= 0.3 is 12.3 Å². The highest BCUT2D eigenvalue weighted by Gasteiger charge is 2.66. The molecule has 5 rings (SSSR count). The molecule has 0 aliphatic heterocycles. The minimum atomic E-state index is -4.45. The van der Waals surface area contributed by atoms with Gasteiger partial charge < -0.3 is 19.2 Å². The van der Waals surface area contributed by atoms with Gasteiger partial charge in [-0.3, -0.25) is 5.32 Å². The molecule has 10 nitrogen and oxygen atoms in total. The summed E-state index contributed by atoms with van der Waals surface area (Å²) < 4.78 is 51.3. The van der Waals surface area contributed by atoms with E-state index in [2.05, 4.69) is 20.4 Å². The maximum atomic E-state index is 13.2. The molecule has 1 fully saturated rings. The number of carbonyl (C=O) groups excluding carboxylic acids is 1. The predicted octanol–water partition coefficient (Wildman–Crippen LogP) is 3.96. The molecule has 0 spiro atoms. The first kappa shape index (κ1) is 21.7. The SMILES string of the molecule is O=C(Nc1cc(C2(C(F)(F)F)CC2)on1)On1ccc2cc(Oc3cc(CO)ncn3)ccc21. The minimum absolute atomic E-state index is 0.0868. The van der Waals surface area contributed by atoms with Crippen LogP contribution in [-0.2, 0) is 12.0 Å². The number of carbonyl (C=O) groups is 1.